The molecule has 52 heavy (non-hydrogen) atoms. The molecule has 3 aromatic heterocycles. The van der Waals surface area contributed by atoms with Crippen molar-refractivity contribution < 1.29 is 8.83 Å². The maximum absolute atomic E-state index is 6.49. The Morgan fingerprint density at radius 1 is 0.442 bits per heavy atom. The molecular weight excluding hydrogens is 639 g/mol. The fraction of sp³-hybridized carbons (Fsp3) is 0.0426. The van der Waals surface area contributed by atoms with Crippen LogP contribution in [0.5, 0.6) is 0 Å². The molecule has 5 nitrogen and oxygen atoms in total. The Morgan fingerprint density at radius 2 is 1.12 bits per heavy atom. The van der Waals surface area contributed by atoms with E-state index in [1.807, 2.05) is 42.5 Å². The summed E-state index contributed by atoms with van der Waals surface area (Å²) in [6.07, 6.45) is 15.3. The predicted molar refractivity (Wildman–Crippen MR) is 211 cm³/mol. The van der Waals surface area contributed by atoms with Crippen molar-refractivity contribution >= 4 is 60.2 Å². The van der Waals surface area contributed by atoms with Gasteiger partial charge in [-0.1, -0.05) is 127 Å². The molecule has 0 fully saturated rings. The molecule has 9 aromatic rings. The van der Waals surface area contributed by atoms with Crippen molar-refractivity contribution in [2.75, 3.05) is 0 Å². The van der Waals surface area contributed by atoms with Crippen LogP contribution < -0.4 is 0 Å². The molecule has 2 aliphatic rings. The highest BCUT2D eigenvalue weighted by Gasteiger charge is 2.23. The third-order valence-electron chi connectivity index (χ3n) is 10.4. The molecule has 0 aliphatic heterocycles. The summed E-state index contributed by atoms with van der Waals surface area (Å²) in [5.74, 6) is 2.49. The molecule has 5 heteroatoms. The average molecular weight is 668 g/mol. The molecule has 0 saturated carbocycles. The Hall–Kier alpha value is -6.85. The molecule has 0 bridgehead atoms. The van der Waals surface area contributed by atoms with E-state index in [0.29, 0.717) is 23.4 Å². The minimum atomic E-state index is 0.264. The Balaban J connectivity index is 1.11. The molecule has 2 aliphatic carbocycles. The number of rotatable bonds is 4. The van der Waals surface area contributed by atoms with Gasteiger partial charge in [0, 0.05) is 50.1 Å². The molecule has 0 N–H and O–H groups in total. The maximum Gasteiger partial charge on any atom is 0.164 e. The van der Waals surface area contributed by atoms with Crippen LogP contribution in [-0.2, 0) is 0 Å². The Morgan fingerprint density at radius 3 is 1.96 bits per heavy atom. The van der Waals surface area contributed by atoms with Gasteiger partial charge in [-0.2, -0.15) is 0 Å². The quantitative estimate of drug-likeness (QED) is 0.187. The first-order chi connectivity index (χ1) is 25.7. The highest BCUT2D eigenvalue weighted by atomic mass is 16.3. The highest BCUT2D eigenvalue weighted by Crippen LogP contribution is 2.42. The van der Waals surface area contributed by atoms with Crippen molar-refractivity contribution in [1.29, 1.82) is 0 Å². The average Bonchev–Trinajstić information content (AvgIpc) is 3.77. The zero-order valence-corrected chi connectivity index (χ0v) is 27.9. The number of allylic oxidation sites excluding steroid dienone is 8. The first-order valence-corrected chi connectivity index (χ1v) is 17.6. The van der Waals surface area contributed by atoms with E-state index >= 15 is 0 Å². The molecule has 244 valence electrons. The van der Waals surface area contributed by atoms with Crippen LogP contribution >= 0.6 is 0 Å². The summed E-state index contributed by atoms with van der Waals surface area (Å²) in [6.45, 7) is 0. The number of furan rings is 2. The molecule has 0 amide bonds. The van der Waals surface area contributed by atoms with Crippen LogP contribution in [0, 0.1) is 11.8 Å². The topological polar surface area (TPSA) is 65.0 Å². The minimum absolute atomic E-state index is 0.264. The second-order valence-electron chi connectivity index (χ2n) is 13.5. The highest BCUT2D eigenvalue weighted by molar-refractivity contribution is 6.17. The van der Waals surface area contributed by atoms with Crippen LogP contribution in [0.3, 0.4) is 0 Å². The van der Waals surface area contributed by atoms with Gasteiger partial charge in [0.25, 0.3) is 0 Å². The summed E-state index contributed by atoms with van der Waals surface area (Å²) in [5.41, 5.74) is 8.34. The lowest BCUT2D eigenvalue weighted by Crippen LogP contribution is -2.12. The number of hydrogen-bond donors (Lipinski definition) is 0. The fourth-order valence-electron chi connectivity index (χ4n) is 7.90. The number of nitrogens with zero attached hydrogens (tertiary/aromatic N) is 3. The number of aromatic nitrogens is 3. The normalized spacial score (nSPS) is 16.7. The molecule has 2 unspecified atom stereocenters. The van der Waals surface area contributed by atoms with Gasteiger partial charge in [0.15, 0.2) is 17.5 Å². The van der Waals surface area contributed by atoms with Gasteiger partial charge in [-0.3, -0.25) is 0 Å². The molecule has 3 heterocycles. The van der Waals surface area contributed by atoms with Crippen LogP contribution in [0.15, 0.2) is 173 Å². The molecule has 2 atom stereocenters. The molecule has 11 rings (SSSR count). The van der Waals surface area contributed by atoms with Gasteiger partial charge in [0.05, 0.1) is 0 Å². The largest absolute Gasteiger partial charge is 0.456 e. The SMILES string of the molecule is C1=CC2C=CC(c3nc(-c4ccccc4)nc(-c4cccc5oc6ccc(-c7cccc8oc9cc%10ccccc%10cc9c78)cc6c45)n3)=CC2C=C1. The summed E-state index contributed by atoms with van der Waals surface area (Å²) >= 11 is 0. The second-order valence-corrected chi connectivity index (χ2v) is 13.5. The van der Waals surface area contributed by atoms with Crippen LogP contribution in [0.4, 0.5) is 0 Å². The van der Waals surface area contributed by atoms with Gasteiger partial charge < -0.3 is 8.83 Å². The lowest BCUT2D eigenvalue weighted by molar-refractivity contribution is 0.662. The summed E-state index contributed by atoms with van der Waals surface area (Å²) in [5, 5.41) is 6.52. The predicted octanol–water partition coefficient (Wildman–Crippen LogP) is 12.1. The first-order valence-electron chi connectivity index (χ1n) is 17.6. The van der Waals surface area contributed by atoms with Crippen molar-refractivity contribution in [3.8, 4) is 33.9 Å². The van der Waals surface area contributed by atoms with Gasteiger partial charge in [0.1, 0.15) is 22.3 Å². The maximum atomic E-state index is 6.49. The van der Waals surface area contributed by atoms with E-state index in [1.165, 1.54) is 5.39 Å². The van der Waals surface area contributed by atoms with Crippen LogP contribution in [0.25, 0.3) is 94.1 Å². The van der Waals surface area contributed by atoms with Crippen molar-refractivity contribution in [1.82, 2.24) is 15.0 Å². The molecule has 6 aromatic carbocycles. The molecule has 0 spiro atoms. The Kier molecular flexibility index (Phi) is 6.31. The van der Waals surface area contributed by atoms with E-state index in [4.69, 9.17) is 23.8 Å². The third kappa shape index (κ3) is 4.60. The summed E-state index contributed by atoms with van der Waals surface area (Å²) in [4.78, 5) is 15.3. The Labute approximate surface area is 298 Å². The summed E-state index contributed by atoms with van der Waals surface area (Å²) in [6, 6.07) is 41.8. The van der Waals surface area contributed by atoms with E-state index < -0.39 is 0 Å². The van der Waals surface area contributed by atoms with Crippen molar-refractivity contribution in [3.05, 3.63) is 170 Å². The smallest absolute Gasteiger partial charge is 0.164 e. The fourth-order valence-corrected chi connectivity index (χ4v) is 7.90. The summed E-state index contributed by atoms with van der Waals surface area (Å²) < 4.78 is 12.9. The van der Waals surface area contributed by atoms with E-state index in [-0.39, 0.29) is 5.92 Å². The van der Waals surface area contributed by atoms with Gasteiger partial charge in [-0.15, -0.1) is 0 Å². The summed E-state index contributed by atoms with van der Waals surface area (Å²) in [7, 11) is 0. The van der Waals surface area contributed by atoms with Crippen molar-refractivity contribution in [2.24, 2.45) is 11.8 Å². The monoisotopic (exact) mass is 667 g/mol. The second kappa shape index (κ2) is 11.3. The number of hydrogen-bond acceptors (Lipinski definition) is 5. The molecule has 0 saturated heterocycles. The van der Waals surface area contributed by atoms with E-state index in [9.17, 15) is 0 Å². The standard InChI is InChI=1S/C47H29N3O2/c1-2-11-29(12-3-1)45-48-46(34-21-20-28-10-4-5-13-30(28)24-34)50-47(49-45)36-17-9-19-41-44(36)37-26-33(22-23-39(37)51-41)35-16-8-18-40-43(35)38-25-31-14-6-7-15-32(31)27-42(38)52-40/h1-28,30H. The zero-order chi connectivity index (χ0) is 34.2. The Bertz CT molecular complexity index is 3030. The van der Waals surface area contributed by atoms with Gasteiger partial charge in [-0.25, -0.2) is 15.0 Å². The van der Waals surface area contributed by atoms with Gasteiger partial charge in [0.2, 0.25) is 0 Å². The van der Waals surface area contributed by atoms with Crippen molar-refractivity contribution in [2.45, 2.75) is 0 Å². The van der Waals surface area contributed by atoms with Gasteiger partial charge in [-0.05, 0) is 58.3 Å². The van der Waals surface area contributed by atoms with Crippen molar-refractivity contribution in [3.63, 3.8) is 0 Å². The van der Waals surface area contributed by atoms with E-state index in [2.05, 4.69) is 121 Å². The van der Waals surface area contributed by atoms with Crippen LogP contribution in [0.1, 0.15) is 5.82 Å². The zero-order valence-electron chi connectivity index (χ0n) is 27.9. The van der Waals surface area contributed by atoms with Gasteiger partial charge >= 0.3 is 0 Å². The lowest BCUT2D eigenvalue weighted by Gasteiger charge is -2.22. The lowest BCUT2D eigenvalue weighted by atomic mass is 9.83. The number of fused-ring (bicyclic) bond motifs is 8. The minimum Gasteiger partial charge on any atom is -0.456 e. The molecule has 0 radical (unpaired) electrons. The van der Waals surface area contributed by atoms with E-state index in [1.54, 1.807) is 0 Å². The molecular formula is C47H29N3O2. The van der Waals surface area contributed by atoms with Crippen LogP contribution in [0.2, 0.25) is 0 Å². The number of benzene rings is 6. The third-order valence-corrected chi connectivity index (χ3v) is 10.4. The van der Waals surface area contributed by atoms with E-state index in [0.717, 1.165) is 77.1 Å². The first kappa shape index (κ1) is 28.9. The van der Waals surface area contributed by atoms with Crippen LogP contribution in [-0.4, -0.2) is 15.0 Å².